The van der Waals surface area contributed by atoms with Crippen molar-refractivity contribution in [1.82, 2.24) is 0 Å². The number of benzene rings is 19. The van der Waals surface area contributed by atoms with Crippen molar-refractivity contribution in [2.45, 2.75) is 32.1 Å². The molecular formula is C120H90N4. The number of hydrogen-bond acceptors (Lipinski definition) is 4. The highest BCUT2D eigenvalue weighted by Crippen LogP contribution is 2.54. The Morgan fingerprint density at radius 1 is 0.218 bits per heavy atom. The molecule has 2 aliphatic rings. The molecule has 2 aliphatic carbocycles. The maximum Gasteiger partial charge on any atom is 0.0540 e. The smallest absolute Gasteiger partial charge is 0.0540 e. The van der Waals surface area contributed by atoms with Gasteiger partial charge in [0.1, 0.15) is 0 Å². The number of allylic oxidation sites excluding steroid dienone is 3. The lowest BCUT2D eigenvalue weighted by Gasteiger charge is -2.33. The summed E-state index contributed by atoms with van der Waals surface area (Å²) >= 11 is 0. The van der Waals surface area contributed by atoms with Crippen molar-refractivity contribution in [3.05, 3.63) is 502 Å². The zero-order valence-corrected chi connectivity index (χ0v) is 69.6. The molecule has 4 nitrogen and oxygen atoms in total. The summed E-state index contributed by atoms with van der Waals surface area (Å²) in [6.45, 7) is 7.18. The molecule has 0 amide bonds. The zero-order chi connectivity index (χ0) is 83.0. The van der Waals surface area contributed by atoms with Crippen molar-refractivity contribution in [2.75, 3.05) is 19.6 Å². The average molecular weight is 1590 g/mol. The lowest BCUT2D eigenvalue weighted by Crippen LogP contribution is -2.21. The van der Waals surface area contributed by atoms with E-state index < -0.39 is 0 Å². The minimum atomic E-state index is -0.331. The SMILES string of the molecule is CC1C=C(N(c2ccc3c(c2)C(C)(C)c2cc(N(c4ccc(-c5cccc(-c6cccc(-c7ccc(N(c8ccc(-c9ccccc9)cc8)c8ccc(-c9ccc(N(c%10ccc(-c%11ccccc%11)cc%10)c%10ccc(-c%11ccccc%11)cc%10)cc9)cc8)cc7)c6)c5)cc4)c4cccc5ccccc45)ccc2-3)c2cccc3ccccc23)C=CC1c1ccccc1. The van der Waals surface area contributed by atoms with Gasteiger partial charge in [0.25, 0.3) is 0 Å². The third-order valence-electron chi connectivity index (χ3n) is 25.4. The van der Waals surface area contributed by atoms with Gasteiger partial charge in [0.15, 0.2) is 0 Å². The summed E-state index contributed by atoms with van der Waals surface area (Å²) in [6, 6.07) is 169. The van der Waals surface area contributed by atoms with Gasteiger partial charge >= 0.3 is 0 Å². The van der Waals surface area contributed by atoms with Gasteiger partial charge in [-0.1, -0.05) is 361 Å². The van der Waals surface area contributed by atoms with Gasteiger partial charge in [0, 0.05) is 79.0 Å². The lowest BCUT2D eigenvalue weighted by atomic mass is 9.81. The molecule has 0 aliphatic heterocycles. The predicted octanol–water partition coefficient (Wildman–Crippen LogP) is 33.4. The van der Waals surface area contributed by atoms with Crippen molar-refractivity contribution >= 4 is 84.1 Å². The van der Waals surface area contributed by atoms with Gasteiger partial charge in [-0.05, 0) is 262 Å². The minimum Gasteiger partial charge on any atom is -0.311 e. The molecule has 19 aromatic rings. The van der Waals surface area contributed by atoms with E-state index >= 15 is 0 Å². The van der Waals surface area contributed by atoms with Crippen LogP contribution in [0, 0.1) is 5.92 Å². The third-order valence-corrected chi connectivity index (χ3v) is 25.4. The molecule has 4 heteroatoms. The van der Waals surface area contributed by atoms with E-state index in [4.69, 9.17) is 0 Å². The summed E-state index contributed by atoms with van der Waals surface area (Å²) in [5.74, 6) is 0.579. The second-order valence-corrected chi connectivity index (χ2v) is 33.3. The van der Waals surface area contributed by atoms with Crippen LogP contribution < -0.4 is 19.6 Å². The topological polar surface area (TPSA) is 13.0 Å². The quantitative estimate of drug-likeness (QED) is 0.0754. The van der Waals surface area contributed by atoms with E-state index in [0.29, 0.717) is 5.92 Å². The van der Waals surface area contributed by atoms with E-state index in [9.17, 15) is 0 Å². The van der Waals surface area contributed by atoms with Crippen LogP contribution in [-0.4, -0.2) is 0 Å². The van der Waals surface area contributed by atoms with Crippen LogP contribution in [0.25, 0.3) is 111 Å². The second kappa shape index (κ2) is 32.8. The van der Waals surface area contributed by atoms with Crippen molar-refractivity contribution in [2.24, 2.45) is 5.92 Å². The molecule has 2 unspecified atom stereocenters. The Morgan fingerprint density at radius 3 is 0.847 bits per heavy atom. The fourth-order valence-corrected chi connectivity index (χ4v) is 18.9. The number of hydrogen-bond donors (Lipinski definition) is 0. The lowest BCUT2D eigenvalue weighted by molar-refractivity contribution is 0.628. The largest absolute Gasteiger partial charge is 0.311 e. The molecule has 0 N–H and O–H groups in total. The maximum atomic E-state index is 2.50. The Labute approximate surface area is 727 Å². The first-order valence-electron chi connectivity index (χ1n) is 43.1. The van der Waals surface area contributed by atoms with E-state index in [2.05, 4.69) is 520 Å². The molecule has 19 aromatic carbocycles. The Bertz CT molecular complexity index is 7050. The fourth-order valence-electron chi connectivity index (χ4n) is 18.9. The van der Waals surface area contributed by atoms with Crippen LogP contribution in [-0.2, 0) is 5.41 Å². The van der Waals surface area contributed by atoms with Gasteiger partial charge in [-0.25, -0.2) is 0 Å². The minimum absolute atomic E-state index is 0.286. The predicted molar refractivity (Wildman–Crippen MR) is 525 cm³/mol. The molecule has 0 radical (unpaired) electrons. The maximum absolute atomic E-state index is 2.50. The molecule has 124 heavy (non-hydrogen) atoms. The van der Waals surface area contributed by atoms with Gasteiger partial charge in [0.05, 0.1) is 11.4 Å². The van der Waals surface area contributed by atoms with Crippen LogP contribution >= 0.6 is 0 Å². The molecule has 2 atom stereocenters. The van der Waals surface area contributed by atoms with Crippen molar-refractivity contribution in [3.63, 3.8) is 0 Å². The summed E-state index contributed by atoms with van der Waals surface area (Å²) in [6.07, 6.45) is 7.23. The summed E-state index contributed by atoms with van der Waals surface area (Å²) in [4.78, 5) is 9.67. The number of fused-ring (bicyclic) bond motifs is 5. The van der Waals surface area contributed by atoms with Gasteiger partial charge < -0.3 is 19.6 Å². The summed E-state index contributed by atoms with van der Waals surface area (Å²) in [5, 5.41) is 4.83. The summed E-state index contributed by atoms with van der Waals surface area (Å²) in [7, 11) is 0. The highest BCUT2D eigenvalue weighted by Gasteiger charge is 2.38. The van der Waals surface area contributed by atoms with Crippen LogP contribution in [0.3, 0.4) is 0 Å². The summed E-state index contributed by atoms with van der Waals surface area (Å²) in [5.41, 5.74) is 35.7. The third kappa shape index (κ3) is 14.7. The summed E-state index contributed by atoms with van der Waals surface area (Å²) < 4.78 is 0. The van der Waals surface area contributed by atoms with Crippen LogP contribution in [0.1, 0.15) is 43.4 Å². The molecule has 0 saturated carbocycles. The number of nitrogens with zero attached hydrogens (tertiary/aromatic N) is 4. The Hall–Kier alpha value is -15.6. The normalized spacial score (nSPS) is 13.7. The van der Waals surface area contributed by atoms with E-state index in [1.165, 1.54) is 94.1 Å². The van der Waals surface area contributed by atoms with Gasteiger partial charge in [-0.15, -0.1) is 0 Å². The highest BCUT2D eigenvalue weighted by molar-refractivity contribution is 6.01. The first-order chi connectivity index (χ1) is 61.1. The highest BCUT2D eigenvalue weighted by atomic mass is 15.2. The van der Waals surface area contributed by atoms with Crippen molar-refractivity contribution in [3.8, 4) is 89.0 Å². The Kier molecular flexibility index (Phi) is 20.1. The molecule has 0 fully saturated rings. The van der Waals surface area contributed by atoms with Crippen molar-refractivity contribution < 1.29 is 0 Å². The monoisotopic (exact) mass is 1590 g/mol. The fraction of sp³-hybridized carbons (Fsp3) is 0.0500. The van der Waals surface area contributed by atoms with Crippen LogP contribution in [0.5, 0.6) is 0 Å². The molecule has 0 saturated heterocycles. The molecule has 590 valence electrons. The number of anilines is 11. The first-order valence-corrected chi connectivity index (χ1v) is 43.1. The first kappa shape index (κ1) is 75.8. The zero-order valence-electron chi connectivity index (χ0n) is 69.6. The molecule has 0 spiro atoms. The second-order valence-electron chi connectivity index (χ2n) is 33.3. The Morgan fingerprint density at radius 2 is 0.484 bits per heavy atom. The van der Waals surface area contributed by atoms with Crippen LogP contribution in [0.4, 0.5) is 62.6 Å². The molecule has 0 heterocycles. The van der Waals surface area contributed by atoms with E-state index in [1.807, 2.05) is 0 Å². The van der Waals surface area contributed by atoms with Gasteiger partial charge in [-0.3, -0.25) is 0 Å². The van der Waals surface area contributed by atoms with Gasteiger partial charge in [-0.2, -0.15) is 0 Å². The molecular weight excluding hydrogens is 1500 g/mol. The standard InChI is InChI=1S/C120H90N4/c1-83-78-108(72-75-111(83)94-30-14-7-15-31-94)124(119-43-23-35-96-33-17-19-41-113(96)119)110-74-77-115-114-76-73-109(81-116(114)120(2,3)117(115)82-110)123(118-42-22-34-95-32-16-18-40-112(95)118)107-70-56-93(57-71-107)98-37-21-39-100(80-98)99-38-20-36-97(79-99)92-54-68-106(69-55-92)122(103-62-48-89(49-63-103)86-28-12-6-13-29-86)105-66-52-91(53-67-105)90-50-64-104(65-51-90)121(101-58-44-87(45-59-101)84-24-8-4-9-25-84)102-60-46-88(47-61-102)85-26-10-5-11-27-85/h4-83,111H,1-3H3. The Balaban J connectivity index is 0.555. The van der Waals surface area contributed by atoms with E-state index in [0.717, 1.165) is 101 Å². The van der Waals surface area contributed by atoms with E-state index in [1.54, 1.807) is 0 Å². The van der Waals surface area contributed by atoms with Crippen molar-refractivity contribution in [1.29, 1.82) is 0 Å². The van der Waals surface area contributed by atoms with E-state index in [-0.39, 0.29) is 11.3 Å². The van der Waals surface area contributed by atoms with Crippen LogP contribution in [0.2, 0.25) is 0 Å². The molecule has 0 bridgehead atoms. The molecule has 0 aromatic heterocycles. The molecule has 21 rings (SSSR count). The van der Waals surface area contributed by atoms with Gasteiger partial charge in [0.2, 0.25) is 0 Å². The van der Waals surface area contributed by atoms with Crippen LogP contribution in [0.15, 0.2) is 485 Å². The number of rotatable bonds is 20. The average Bonchev–Trinajstić information content (AvgIpc) is 1.56.